The summed E-state index contributed by atoms with van der Waals surface area (Å²) < 4.78 is 0. The second-order valence-electron chi connectivity index (χ2n) is 7.21. The van der Waals surface area contributed by atoms with Gasteiger partial charge in [0.1, 0.15) is 5.25 Å². The maximum Gasteiger partial charge on any atom is 0.242 e. The predicted molar refractivity (Wildman–Crippen MR) is 135 cm³/mol. The number of hydrogen-bond acceptors (Lipinski definition) is 3. The largest absolute Gasteiger partial charge is 0.326 e. The highest BCUT2D eigenvalue weighted by atomic mass is 35.5. The maximum absolute atomic E-state index is 13.2. The summed E-state index contributed by atoms with van der Waals surface area (Å²) in [7, 11) is 0. The molecule has 2 amide bonds. The molecule has 3 rings (SSSR count). The van der Waals surface area contributed by atoms with Gasteiger partial charge in [0.25, 0.3) is 0 Å². The van der Waals surface area contributed by atoms with Crippen molar-refractivity contribution in [3.63, 3.8) is 0 Å². The Kier molecular flexibility index (Phi) is 9.03. The summed E-state index contributed by atoms with van der Waals surface area (Å²) >= 11 is 13.5. The van der Waals surface area contributed by atoms with Gasteiger partial charge in [0.05, 0.1) is 10.0 Å². The summed E-state index contributed by atoms with van der Waals surface area (Å²) in [6, 6.07) is 22.1. The van der Waals surface area contributed by atoms with Crippen molar-refractivity contribution in [1.29, 1.82) is 0 Å². The van der Waals surface area contributed by atoms with E-state index in [-0.39, 0.29) is 11.8 Å². The lowest BCUT2D eigenvalue weighted by Gasteiger charge is -2.18. The molecular weight excluding hydrogens is 463 g/mol. The van der Waals surface area contributed by atoms with Gasteiger partial charge in [-0.05, 0) is 48.4 Å². The average molecular weight is 487 g/mol. The molecule has 1 atom stereocenters. The molecule has 0 spiro atoms. The molecule has 3 aromatic carbocycles. The average Bonchev–Trinajstić information content (AvgIpc) is 2.79. The Labute approximate surface area is 202 Å². The van der Waals surface area contributed by atoms with Crippen LogP contribution in [0.2, 0.25) is 10.0 Å². The lowest BCUT2D eigenvalue weighted by atomic mass is 10.1. The summed E-state index contributed by atoms with van der Waals surface area (Å²) in [6.07, 6.45) is 2.31. The van der Waals surface area contributed by atoms with Gasteiger partial charge in [0.15, 0.2) is 0 Å². The molecule has 7 heteroatoms. The van der Waals surface area contributed by atoms with Gasteiger partial charge in [0.2, 0.25) is 11.8 Å². The Morgan fingerprint density at radius 1 is 0.875 bits per heavy atom. The van der Waals surface area contributed by atoms with Crippen molar-refractivity contribution < 1.29 is 9.59 Å². The van der Waals surface area contributed by atoms with Gasteiger partial charge < -0.3 is 10.6 Å². The summed E-state index contributed by atoms with van der Waals surface area (Å²) in [5, 5.41) is 6.16. The summed E-state index contributed by atoms with van der Waals surface area (Å²) in [4.78, 5) is 26.2. The van der Waals surface area contributed by atoms with E-state index in [1.807, 2.05) is 54.6 Å². The number of carbonyl (C=O) groups is 2. The number of unbranched alkanes of at least 4 members (excludes halogenated alkanes) is 1. The standard InChI is InChI=1S/C25H24Cl2N2O2S/c1-2-3-12-23(30)28-18-10-7-11-20(15-18)32-24(17-8-5-4-6-9-17)25(31)29-19-13-14-21(26)22(27)16-19/h4-11,13-16,24H,2-3,12H2,1H3,(H,28,30)(H,29,31). The highest BCUT2D eigenvalue weighted by molar-refractivity contribution is 8.00. The minimum Gasteiger partial charge on any atom is -0.326 e. The second kappa shape index (κ2) is 12.0. The van der Waals surface area contributed by atoms with Crippen molar-refractivity contribution in [2.24, 2.45) is 0 Å². The van der Waals surface area contributed by atoms with Crippen molar-refractivity contribution in [2.75, 3.05) is 10.6 Å². The molecule has 0 aliphatic heterocycles. The van der Waals surface area contributed by atoms with Crippen LogP contribution in [0.5, 0.6) is 0 Å². The Morgan fingerprint density at radius 2 is 1.62 bits per heavy atom. The van der Waals surface area contributed by atoms with E-state index in [9.17, 15) is 9.59 Å². The summed E-state index contributed by atoms with van der Waals surface area (Å²) in [6.45, 7) is 2.05. The topological polar surface area (TPSA) is 58.2 Å². The van der Waals surface area contributed by atoms with Crippen LogP contribution < -0.4 is 10.6 Å². The van der Waals surface area contributed by atoms with Crippen LogP contribution in [0.1, 0.15) is 37.0 Å². The van der Waals surface area contributed by atoms with Crippen LogP contribution in [0.15, 0.2) is 77.7 Å². The van der Waals surface area contributed by atoms with Crippen LogP contribution in [0.3, 0.4) is 0 Å². The second-order valence-corrected chi connectivity index (χ2v) is 9.20. The molecule has 32 heavy (non-hydrogen) atoms. The van der Waals surface area contributed by atoms with Crippen LogP contribution in [0.25, 0.3) is 0 Å². The van der Waals surface area contributed by atoms with Crippen molar-refractivity contribution in [1.82, 2.24) is 0 Å². The monoisotopic (exact) mass is 486 g/mol. The quantitative estimate of drug-likeness (QED) is 0.306. The molecule has 1 unspecified atom stereocenters. The molecule has 0 aliphatic carbocycles. The molecule has 4 nitrogen and oxygen atoms in total. The molecule has 0 fully saturated rings. The SMILES string of the molecule is CCCCC(=O)Nc1cccc(SC(C(=O)Nc2ccc(Cl)c(Cl)c2)c2ccccc2)c1. The Hall–Kier alpha value is -2.47. The van der Waals surface area contributed by atoms with Crippen molar-refractivity contribution >= 4 is 58.2 Å². The van der Waals surface area contributed by atoms with Crippen LogP contribution in [0, 0.1) is 0 Å². The number of carbonyl (C=O) groups excluding carboxylic acids is 2. The molecule has 166 valence electrons. The third-order valence-corrected chi connectivity index (χ3v) is 6.64. The number of thioether (sulfide) groups is 1. The first-order valence-corrected chi connectivity index (χ1v) is 12.0. The third kappa shape index (κ3) is 7.02. The lowest BCUT2D eigenvalue weighted by molar-refractivity contribution is -0.116. The normalized spacial score (nSPS) is 11.6. The molecule has 2 N–H and O–H groups in total. The predicted octanol–water partition coefficient (Wildman–Crippen LogP) is 7.59. The van der Waals surface area contributed by atoms with Crippen molar-refractivity contribution in [3.8, 4) is 0 Å². The molecule has 0 heterocycles. The van der Waals surface area contributed by atoms with Gasteiger partial charge in [-0.15, -0.1) is 11.8 Å². The van der Waals surface area contributed by atoms with Crippen LogP contribution in [-0.2, 0) is 9.59 Å². The van der Waals surface area contributed by atoms with E-state index < -0.39 is 5.25 Å². The minimum atomic E-state index is -0.503. The zero-order valence-electron chi connectivity index (χ0n) is 17.6. The molecule has 0 saturated heterocycles. The van der Waals surface area contributed by atoms with Crippen molar-refractivity contribution in [2.45, 2.75) is 36.3 Å². The first-order chi connectivity index (χ1) is 15.5. The molecule has 0 radical (unpaired) electrons. The Balaban J connectivity index is 1.79. The van der Waals surface area contributed by atoms with Gasteiger partial charge in [0, 0.05) is 22.7 Å². The Morgan fingerprint density at radius 3 is 2.34 bits per heavy atom. The van der Waals surface area contributed by atoms with E-state index in [0.29, 0.717) is 27.8 Å². The number of hydrogen-bond donors (Lipinski definition) is 2. The third-order valence-electron chi connectivity index (χ3n) is 4.66. The molecule has 0 saturated carbocycles. The fraction of sp³-hybridized carbons (Fsp3) is 0.200. The van der Waals surface area contributed by atoms with E-state index in [1.54, 1.807) is 18.2 Å². The Bertz CT molecular complexity index is 1080. The summed E-state index contributed by atoms with van der Waals surface area (Å²) in [5.41, 5.74) is 2.16. The highest BCUT2D eigenvalue weighted by Gasteiger charge is 2.22. The van der Waals surface area contributed by atoms with Crippen LogP contribution >= 0.6 is 35.0 Å². The molecule has 3 aromatic rings. The number of halogens is 2. The van der Waals surface area contributed by atoms with Gasteiger partial charge in [-0.25, -0.2) is 0 Å². The van der Waals surface area contributed by atoms with Gasteiger partial charge in [-0.3, -0.25) is 9.59 Å². The zero-order valence-corrected chi connectivity index (χ0v) is 19.9. The fourth-order valence-corrected chi connectivity index (χ4v) is 4.41. The number of nitrogens with one attached hydrogen (secondary N) is 2. The first-order valence-electron chi connectivity index (χ1n) is 10.3. The highest BCUT2D eigenvalue weighted by Crippen LogP contribution is 2.37. The maximum atomic E-state index is 13.2. The summed E-state index contributed by atoms with van der Waals surface area (Å²) in [5.74, 6) is -0.192. The van der Waals surface area contributed by atoms with E-state index in [1.165, 1.54) is 11.8 Å². The number of rotatable bonds is 9. The van der Waals surface area contributed by atoms with Gasteiger partial charge in [-0.2, -0.15) is 0 Å². The van der Waals surface area contributed by atoms with Gasteiger partial charge in [-0.1, -0.05) is 72.9 Å². The van der Waals surface area contributed by atoms with Crippen LogP contribution in [-0.4, -0.2) is 11.8 Å². The van der Waals surface area contributed by atoms with Gasteiger partial charge >= 0.3 is 0 Å². The van der Waals surface area contributed by atoms with E-state index in [2.05, 4.69) is 17.6 Å². The van der Waals surface area contributed by atoms with E-state index in [4.69, 9.17) is 23.2 Å². The van der Waals surface area contributed by atoms with Crippen LogP contribution in [0.4, 0.5) is 11.4 Å². The number of benzene rings is 3. The first kappa shape index (κ1) is 24.2. The van der Waals surface area contributed by atoms with Crippen molar-refractivity contribution in [3.05, 3.63) is 88.4 Å². The molecule has 0 aliphatic rings. The zero-order chi connectivity index (χ0) is 22.9. The van der Waals surface area contributed by atoms with E-state index >= 15 is 0 Å². The fourth-order valence-electron chi connectivity index (χ4n) is 3.03. The minimum absolute atomic E-state index is 0.00836. The number of amides is 2. The van der Waals surface area contributed by atoms with E-state index in [0.717, 1.165) is 23.3 Å². The number of anilines is 2. The molecular formula is C25H24Cl2N2O2S. The molecule has 0 aromatic heterocycles. The molecule has 0 bridgehead atoms. The smallest absolute Gasteiger partial charge is 0.242 e. The lowest BCUT2D eigenvalue weighted by Crippen LogP contribution is -2.19.